The van der Waals surface area contributed by atoms with Crippen molar-refractivity contribution in [2.24, 2.45) is 0 Å². The zero-order valence-corrected chi connectivity index (χ0v) is 8.81. The molecule has 0 saturated carbocycles. The van der Waals surface area contributed by atoms with Crippen LogP contribution in [0.5, 0.6) is 0 Å². The van der Waals surface area contributed by atoms with Crippen molar-refractivity contribution in [1.82, 2.24) is 0 Å². The third-order valence-corrected chi connectivity index (χ3v) is 4.03. The van der Waals surface area contributed by atoms with Gasteiger partial charge >= 0.3 is 5.91 Å². The fourth-order valence-corrected chi connectivity index (χ4v) is 3.35. The van der Waals surface area contributed by atoms with Gasteiger partial charge in [-0.1, -0.05) is 0 Å². The van der Waals surface area contributed by atoms with E-state index >= 15 is 0 Å². The van der Waals surface area contributed by atoms with E-state index in [4.69, 9.17) is 0 Å². The minimum Gasteiger partial charge on any atom is -0.209 e. The van der Waals surface area contributed by atoms with Crippen LogP contribution in [0, 0.1) is 16.5 Å². The Morgan fingerprint density at radius 1 is 1.44 bits per heavy atom. The van der Waals surface area contributed by atoms with Gasteiger partial charge in [0.15, 0.2) is 11.6 Å². The van der Waals surface area contributed by atoms with Crippen LogP contribution in [0.3, 0.4) is 0 Å². The number of benzene rings is 1. The highest BCUT2D eigenvalue weighted by molar-refractivity contribution is 7.99. The standard InChI is InChI=1S/C10H6F2NO2S/c11-5-3-4-7-6(13(15)10(4)14)1-2-16-9(7)8(5)12/h3,6H,1-2H2/q+1. The molecule has 0 aliphatic carbocycles. The molecule has 6 heteroatoms. The van der Waals surface area contributed by atoms with Crippen LogP contribution in [0.15, 0.2) is 11.0 Å². The van der Waals surface area contributed by atoms with E-state index in [1.165, 1.54) is 0 Å². The van der Waals surface area contributed by atoms with Gasteiger partial charge in [0.05, 0.1) is 15.2 Å². The second kappa shape index (κ2) is 3.10. The second-order valence-corrected chi connectivity index (χ2v) is 4.85. The van der Waals surface area contributed by atoms with Crippen LogP contribution in [0.4, 0.5) is 8.78 Å². The number of carbonyl (C=O) groups is 1. The molecule has 0 aromatic heterocycles. The van der Waals surface area contributed by atoms with Crippen molar-refractivity contribution in [1.29, 1.82) is 0 Å². The molecular weight excluding hydrogens is 236 g/mol. The van der Waals surface area contributed by atoms with Gasteiger partial charge in [-0.25, -0.2) is 13.6 Å². The molecule has 1 aromatic carbocycles. The number of amides is 1. The Morgan fingerprint density at radius 2 is 2.19 bits per heavy atom. The van der Waals surface area contributed by atoms with E-state index in [1.807, 2.05) is 0 Å². The SMILES string of the molecule is O=C1c2cc(F)c(F)c3c2C(CCS3)[N+]1=O. The van der Waals surface area contributed by atoms with E-state index in [1.54, 1.807) is 0 Å². The lowest BCUT2D eigenvalue weighted by Gasteiger charge is -2.15. The van der Waals surface area contributed by atoms with Crippen molar-refractivity contribution in [2.45, 2.75) is 17.4 Å². The zero-order chi connectivity index (χ0) is 11.4. The third kappa shape index (κ3) is 1.05. The lowest BCUT2D eigenvalue weighted by atomic mass is 10.0. The van der Waals surface area contributed by atoms with Crippen molar-refractivity contribution in [2.75, 3.05) is 5.75 Å². The van der Waals surface area contributed by atoms with Gasteiger partial charge in [0.25, 0.3) is 0 Å². The molecular formula is C10H6F2NO2S+. The van der Waals surface area contributed by atoms with Crippen LogP contribution in [-0.4, -0.2) is 16.4 Å². The Balaban J connectivity index is 2.37. The van der Waals surface area contributed by atoms with Gasteiger partial charge in [0.2, 0.25) is 6.04 Å². The first-order chi connectivity index (χ1) is 7.61. The van der Waals surface area contributed by atoms with Crippen LogP contribution >= 0.6 is 11.8 Å². The Bertz CT molecular complexity index is 544. The molecule has 0 fully saturated rings. The Morgan fingerprint density at radius 3 is 2.94 bits per heavy atom. The highest BCUT2D eigenvalue weighted by Crippen LogP contribution is 2.45. The molecule has 0 N–H and O–H groups in total. The average Bonchev–Trinajstić information content (AvgIpc) is 2.53. The molecule has 2 aliphatic rings. The summed E-state index contributed by atoms with van der Waals surface area (Å²) < 4.78 is 27.0. The fraction of sp³-hybridized carbons (Fsp3) is 0.300. The summed E-state index contributed by atoms with van der Waals surface area (Å²) in [5.41, 5.74) is 0.385. The maximum atomic E-state index is 13.5. The highest BCUT2D eigenvalue weighted by atomic mass is 32.2. The monoisotopic (exact) mass is 242 g/mol. The number of hydrogen-bond donors (Lipinski definition) is 0. The Labute approximate surface area is 93.4 Å². The number of rotatable bonds is 0. The molecule has 2 heterocycles. The summed E-state index contributed by atoms with van der Waals surface area (Å²) in [6.07, 6.45) is 0.491. The van der Waals surface area contributed by atoms with Crippen molar-refractivity contribution in [3.63, 3.8) is 0 Å². The molecule has 0 spiro atoms. The summed E-state index contributed by atoms with van der Waals surface area (Å²) in [6, 6.07) is 0.196. The normalized spacial score (nSPS) is 22.5. The van der Waals surface area contributed by atoms with Gasteiger partial charge in [-0.2, -0.15) is 0 Å². The van der Waals surface area contributed by atoms with E-state index in [9.17, 15) is 18.5 Å². The van der Waals surface area contributed by atoms with Gasteiger partial charge in [0.1, 0.15) is 5.56 Å². The molecule has 1 aromatic rings. The minimum atomic E-state index is -1.06. The molecule has 3 nitrogen and oxygen atoms in total. The maximum absolute atomic E-state index is 13.5. The predicted octanol–water partition coefficient (Wildman–Crippen LogP) is 2.43. The predicted molar refractivity (Wildman–Crippen MR) is 52.4 cm³/mol. The summed E-state index contributed by atoms with van der Waals surface area (Å²) in [4.78, 5) is 23.2. The molecule has 1 amide bonds. The molecule has 16 heavy (non-hydrogen) atoms. The van der Waals surface area contributed by atoms with E-state index in [0.29, 0.717) is 22.5 Å². The summed E-state index contributed by atoms with van der Waals surface area (Å²) in [7, 11) is 0. The van der Waals surface area contributed by atoms with Crippen molar-refractivity contribution in [3.8, 4) is 0 Å². The zero-order valence-electron chi connectivity index (χ0n) is 8.00. The average molecular weight is 242 g/mol. The number of carbonyl (C=O) groups excluding carboxylic acids is 1. The molecule has 2 aliphatic heterocycles. The highest BCUT2D eigenvalue weighted by Gasteiger charge is 2.51. The van der Waals surface area contributed by atoms with Gasteiger partial charge in [-0.05, 0) is 6.07 Å². The van der Waals surface area contributed by atoms with Crippen LogP contribution < -0.4 is 0 Å². The first-order valence-corrected chi connectivity index (χ1v) is 5.75. The lowest BCUT2D eigenvalue weighted by molar-refractivity contribution is -0.492. The first-order valence-electron chi connectivity index (χ1n) is 4.76. The van der Waals surface area contributed by atoms with Crippen molar-refractivity contribution < 1.29 is 18.3 Å². The van der Waals surface area contributed by atoms with E-state index in [0.717, 1.165) is 17.8 Å². The molecule has 82 valence electrons. The summed E-state index contributed by atoms with van der Waals surface area (Å²) >= 11 is 1.16. The topological polar surface area (TPSA) is 37.1 Å². The number of nitrogens with zero attached hydrogens (tertiary/aromatic N) is 1. The van der Waals surface area contributed by atoms with Crippen LogP contribution in [0.2, 0.25) is 0 Å². The van der Waals surface area contributed by atoms with Crippen LogP contribution in [0.1, 0.15) is 28.4 Å². The van der Waals surface area contributed by atoms with E-state index < -0.39 is 23.6 Å². The van der Waals surface area contributed by atoms with Crippen LogP contribution in [0.25, 0.3) is 0 Å². The quantitative estimate of drug-likeness (QED) is 0.656. The van der Waals surface area contributed by atoms with Gasteiger partial charge in [-0.3, -0.25) is 0 Å². The van der Waals surface area contributed by atoms with Gasteiger partial charge < -0.3 is 0 Å². The third-order valence-electron chi connectivity index (χ3n) is 2.90. The molecule has 1 unspecified atom stereocenters. The summed E-state index contributed by atoms with van der Waals surface area (Å²) in [6.45, 7) is 0. The van der Waals surface area contributed by atoms with Gasteiger partial charge in [0, 0.05) is 17.1 Å². The number of nitroso groups, excluding NO2 is 1. The largest absolute Gasteiger partial charge is 0.466 e. The Hall–Kier alpha value is -1.30. The molecule has 0 radical (unpaired) electrons. The summed E-state index contributed by atoms with van der Waals surface area (Å²) in [5.74, 6) is -2.26. The fourth-order valence-electron chi connectivity index (χ4n) is 2.18. The minimum absolute atomic E-state index is 0.0149. The Kier molecular flexibility index (Phi) is 1.92. The maximum Gasteiger partial charge on any atom is 0.466 e. The number of hydrogen-bond acceptors (Lipinski definition) is 3. The van der Waals surface area contributed by atoms with E-state index in [-0.39, 0.29) is 10.5 Å². The second-order valence-electron chi connectivity index (χ2n) is 3.75. The first kappa shape index (κ1) is 9.89. The van der Waals surface area contributed by atoms with E-state index in [2.05, 4.69) is 0 Å². The smallest absolute Gasteiger partial charge is 0.209 e. The number of thioether (sulfide) groups is 1. The van der Waals surface area contributed by atoms with Crippen molar-refractivity contribution in [3.05, 3.63) is 33.7 Å². The van der Waals surface area contributed by atoms with Crippen LogP contribution in [-0.2, 0) is 0 Å². The summed E-state index contributed by atoms with van der Waals surface area (Å²) in [5, 5.41) is 0. The molecule has 0 bridgehead atoms. The molecule has 3 rings (SSSR count). The molecule has 0 saturated heterocycles. The lowest BCUT2D eigenvalue weighted by Crippen LogP contribution is -2.16. The number of halogens is 2. The molecule has 1 atom stereocenters. The van der Waals surface area contributed by atoms with Gasteiger partial charge in [-0.15, -0.1) is 11.8 Å². The van der Waals surface area contributed by atoms with Crippen molar-refractivity contribution >= 4 is 17.7 Å².